The van der Waals surface area contributed by atoms with Crippen LogP contribution in [0.2, 0.25) is 0 Å². The van der Waals surface area contributed by atoms with Gasteiger partial charge in [-0.05, 0) is 0 Å². The van der Waals surface area contributed by atoms with Gasteiger partial charge in [-0.15, -0.1) is 0 Å². The van der Waals surface area contributed by atoms with Crippen LogP contribution in [-0.2, 0) is 0 Å². The van der Waals surface area contributed by atoms with Crippen LogP contribution in [0, 0.1) is 0 Å². The van der Waals surface area contributed by atoms with E-state index < -0.39 is 0 Å². The van der Waals surface area contributed by atoms with Gasteiger partial charge in [0, 0.05) is 0 Å². The molecule has 0 aliphatic carbocycles. The average molecular weight is 283 g/mol. The second kappa shape index (κ2) is 6.83. The van der Waals surface area contributed by atoms with Crippen LogP contribution in [0.25, 0.3) is 0 Å². The average Bonchev–Trinajstić information content (AvgIpc) is 2.01. The number of alkyl halides is 1. The van der Waals surface area contributed by atoms with E-state index in [1.165, 1.54) is 6.42 Å². The summed E-state index contributed by atoms with van der Waals surface area (Å²) in [6, 6.07) is 0. The third kappa shape index (κ3) is 7.03. The van der Waals surface area contributed by atoms with Crippen molar-refractivity contribution in [3.05, 3.63) is 0 Å². The molecule has 0 fully saturated rings. The zero-order chi connectivity index (χ0) is 9.45. The van der Waals surface area contributed by atoms with E-state index in [2.05, 4.69) is 36.2 Å². The summed E-state index contributed by atoms with van der Waals surface area (Å²) in [5, 5.41) is 0. The van der Waals surface area contributed by atoms with Gasteiger partial charge in [0.25, 0.3) is 0 Å². The molecule has 0 bridgehead atoms. The van der Waals surface area contributed by atoms with Crippen molar-refractivity contribution in [2.45, 2.75) is 44.1 Å². The Hall–Kier alpha value is 0.360. The summed E-state index contributed by atoms with van der Waals surface area (Å²) >= 11 is 0.0116. The monoisotopic (exact) mass is 283 g/mol. The van der Waals surface area contributed by atoms with Crippen LogP contribution < -0.4 is 25.0 Å². The summed E-state index contributed by atoms with van der Waals surface area (Å²) in [4.78, 5) is 4.51. The Morgan fingerprint density at radius 3 is 2.58 bits per heavy atom. The number of aliphatic imine (C=N–C) groups is 1. The van der Waals surface area contributed by atoms with Crippen molar-refractivity contribution in [1.82, 2.24) is 3.53 Å². The van der Waals surface area contributed by atoms with Crippen molar-refractivity contribution in [1.29, 1.82) is 0 Å². The molecule has 0 unspecified atom stereocenters. The minimum atomic E-state index is 0.0116. The van der Waals surface area contributed by atoms with Crippen LogP contribution >= 0.6 is 0 Å². The Morgan fingerprint density at radius 1 is 1.42 bits per heavy atom. The zero-order valence-electron chi connectivity index (χ0n) is 8.52. The van der Waals surface area contributed by atoms with Gasteiger partial charge in [-0.1, -0.05) is 0 Å². The van der Waals surface area contributed by atoms with E-state index in [0.717, 1.165) is 13.0 Å². The fourth-order valence-corrected chi connectivity index (χ4v) is 2.72. The third-order valence-electron chi connectivity index (χ3n) is 1.22. The second-order valence-electron chi connectivity index (χ2n) is 3.11. The standard InChI is InChI=1S/C9H20IN2/c1-5-7-11-9(3,4)10-12-8-6-2/h7,12H,5-6,8H2,1-4H3/q-1. The molecule has 1 N–H and O–H groups in total. The van der Waals surface area contributed by atoms with Gasteiger partial charge in [0.2, 0.25) is 0 Å². The van der Waals surface area contributed by atoms with Crippen molar-refractivity contribution in [2.24, 2.45) is 4.99 Å². The predicted molar refractivity (Wildman–Crippen MR) is 51.2 cm³/mol. The number of hydrogen-bond donors (Lipinski definition) is 1. The maximum absolute atomic E-state index is 4.51. The Kier molecular flexibility index (Phi) is 7.04. The molecule has 0 atom stereocenters. The summed E-state index contributed by atoms with van der Waals surface area (Å²) in [6.45, 7) is 9.86. The molecule has 3 heteroatoms. The molecule has 0 saturated carbocycles. The van der Waals surface area contributed by atoms with Crippen LogP contribution in [0.3, 0.4) is 0 Å². The Labute approximate surface area is 86.8 Å². The first-order chi connectivity index (χ1) is 5.62. The molecule has 0 rings (SSSR count). The van der Waals surface area contributed by atoms with Crippen LogP contribution in [0.5, 0.6) is 0 Å². The first-order valence-electron chi connectivity index (χ1n) is 4.54. The Balaban J connectivity index is 3.63. The molecule has 0 aromatic carbocycles. The molecule has 0 radical (unpaired) electrons. The van der Waals surface area contributed by atoms with Gasteiger partial charge in [-0.2, -0.15) is 0 Å². The summed E-state index contributed by atoms with van der Waals surface area (Å²) in [6.07, 6.45) is 4.28. The molecule has 0 spiro atoms. The topological polar surface area (TPSA) is 24.4 Å². The first-order valence-corrected chi connectivity index (χ1v) is 6.69. The Morgan fingerprint density at radius 2 is 2.08 bits per heavy atom. The molecule has 0 aliphatic heterocycles. The first kappa shape index (κ1) is 12.4. The van der Waals surface area contributed by atoms with Gasteiger partial charge < -0.3 is 0 Å². The maximum atomic E-state index is 4.51. The summed E-state index contributed by atoms with van der Waals surface area (Å²) in [7, 11) is 0. The molecule has 0 aromatic heterocycles. The molecule has 0 saturated heterocycles. The van der Waals surface area contributed by atoms with Crippen molar-refractivity contribution in [3.63, 3.8) is 0 Å². The van der Waals surface area contributed by atoms with E-state index in [-0.39, 0.29) is 25.0 Å². The summed E-state index contributed by atoms with van der Waals surface area (Å²) < 4.78 is 3.65. The molecule has 74 valence electrons. The SMILES string of the molecule is CCC=NC(C)(C)[I-]NCCC. The van der Waals surface area contributed by atoms with E-state index >= 15 is 0 Å². The van der Waals surface area contributed by atoms with Crippen molar-refractivity contribution in [2.75, 3.05) is 6.54 Å². The molecule has 0 heterocycles. The zero-order valence-corrected chi connectivity index (χ0v) is 10.7. The van der Waals surface area contributed by atoms with E-state index in [1.54, 1.807) is 0 Å². The van der Waals surface area contributed by atoms with Gasteiger partial charge in [0.05, 0.1) is 0 Å². The van der Waals surface area contributed by atoms with Crippen LogP contribution in [0.15, 0.2) is 4.99 Å². The minimum absolute atomic E-state index is 0.0116. The van der Waals surface area contributed by atoms with Crippen molar-refractivity contribution < 1.29 is 21.5 Å². The van der Waals surface area contributed by atoms with Crippen LogP contribution in [0.4, 0.5) is 0 Å². The molecular formula is C9H20IN2-. The normalized spacial score (nSPS) is 13.0. The van der Waals surface area contributed by atoms with Gasteiger partial charge in [-0.3, -0.25) is 0 Å². The van der Waals surface area contributed by atoms with E-state index in [0.29, 0.717) is 0 Å². The van der Waals surface area contributed by atoms with E-state index in [9.17, 15) is 0 Å². The number of halogens is 1. The van der Waals surface area contributed by atoms with Gasteiger partial charge in [0.1, 0.15) is 0 Å². The second-order valence-corrected chi connectivity index (χ2v) is 7.05. The van der Waals surface area contributed by atoms with Crippen LogP contribution in [-0.4, -0.2) is 16.3 Å². The van der Waals surface area contributed by atoms with Gasteiger partial charge in [0.15, 0.2) is 0 Å². The van der Waals surface area contributed by atoms with Crippen molar-refractivity contribution in [3.8, 4) is 0 Å². The molecular weight excluding hydrogens is 263 g/mol. The molecule has 0 aliphatic rings. The van der Waals surface area contributed by atoms with Crippen molar-refractivity contribution >= 4 is 6.21 Å². The fraction of sp³-hybridized carbons (Fsp3) is 0.889. The number of rotatable bonds is 6. The third-order valence-corrected chi connectivity index (χ3v) is 3.74. The fourth-order valence-electron chi connectivity index (χ4n) is 0.638. The van der Waals surface area contributed by atoms with E-state index in [4.69, 9.17) is 0 Å². The number of nitrogens with zero attached hydrogens (tertiary/aromatic N) is 1. The number of hydrogen-bond acceptors (Lipinski definition) is 2. The summed E-state index contributed by atoms with van der Waals surface area (Å²) in [5.74, 6) is 0. The van der Waals surface area contributed by atoms with Gasteiger partial charge in [-0.25, -0.2) is 0 Å². The molecule has 0 amide bonds. The predicted octanol–water partition coefficient (Wildman–Crippen LogP) is -0.793. The quantitative estimate of drug-likeness (QED) is 0.169. The number of nitrogens with one attached hydrogen (secondary N) is 1. The van der Waals surface area contributed by atoms with Gasteiger partial charge >= 0.3 is 86.8 Å². The molecule has 0 aromatic rings. The Bertz CT molecular complexity index is 132. The molecule has 2 nitrogen and oxygen atoms in total. The molecule has 12 heavy (non-hydrogen) atoms. The van der Waals surface area contributed by atoms with Crippen LogP contribution in [0.1, 0.15) is 40.5 Å². The summed E-state index contributed by atoms with van der Waals surface area (Å²) in [5.41, 5.74) is 0. The van der Waals surface area contributed by atoms with E-state index in [1.807, 2.05) is 6.21 Å².